The van der Waals surface area contributed by atoms with Crippen molar-refractivity contribution in [3.63, 3.8) is 0 Å². The highest BCUT2D eigenvalue weighted by atomic mass is 79.9. The summed E-state index contributed by atoms with van der Waals surface area (Å²) in [6.45, 7) is 2.10. The van der Waals surface area contributed by atoms with Crippen molar-refractivity contribution in [3.8, 4) is 0 Å². The first-order chi connectivity index (χ1) is 9.11. The Balaban J connectivity index is 2.27. The lowest BCUT2D eigenvalue weighted by atomic mass is 9.97. The van der Waals surface area contributed by atoms with Gasteiger partial charge < -0.3 is 5.32 Å². The molecule has 19 heavy (non-hydrogen) atoms. The van der Waals surface area contributed by atoms with E-state index in [4.69, 9.17) is 11.6 Å². The molecule has 4 heteroatoms. The molecule has 2 rings (SSSR count). The van der Waals surface area contributed by atoms with Crippen molar-refractivity contribution >= 4 is 27.5 Å². The van der Waals surface area contributed by atoms with E-state index in [1.807, 2.05) is 37.6 Å². The molecular formula is C15H16BrClN2. The van der Waals surface area contributed by atoms with Gasteiger partial charge in [-0.2, -0.15) is 0 Å². The van der Waals surface area contributed by atoms with Gasteiger partial charge in [0.15, 0.2) is 0 Å². The van der Waals surface area contributed by atoms with Crippen LogP contribution in [0.15, 0.2) is 41.1 Å². The smallest absolute Gasteiger partial charge is 0.0449 e. The van der Waals surface area contributed by atoms with E-state index in [-0.39, 0.29) is 6.04 Å². The van der Waals surface area contributed by atoms with Crippen LogP contribution in [0.25, 0.3) is 0 Å². The molecule has 0 saturated carbocycles. The van der Waals surface area contributed by atoms with Crippen molar-refractivity contribution in [1.29, 1.82) is 0 Å². The zero-order valence-corrected chi connectivity index (χ0v) is 13.3. The van der Waals surface area contributed by atoms with Gasteiger partial charge in [0.1, 0.15) is 0 Å². The van der Waals surface area contributed by atoms with Crippen LogP contribution in [0.4, 0.5) is 0 Å². The Morgan fingerprint density at radius 3 is 2.79 bits per heavy atom. The maximum atomic E-state index is 6.28. The van der Waals surface area contributed by atoms with E-state index in [0.29, 0.717) is 0 Å². The minimum Gasteiger partial charge on any atom is -0.313 e. The Morgan fingerprint density at radius 2 is 2.16 bits per heavy atom. The van der Waals surface area contributed by atoms with Crippen molar-refractivity contribution in [2.75, 3.05) is 7.05 Å². The van der Waals surface area contributed by atoms with Gasteiger partial charge in [-0.15, -0.1) is 0 Å². The van der Waals surface area contributed by atoms with Gasteiger partial charge in [-0.3, -0.25) is 4.98 Å². The summed E-state index contributed by atoms with van der Waals surface area (Å²) in [4.78, 5) is 4.21. The Bertz CT molecular complexity index is 572. The molecule has 1 atom stereocenters. The van der Waals surface area contributed by atoms with Crippen LogP contribution >= 0.6 is 27.5 Å². The fourth-order valence-corrected chi connectivity index (χ4v) is 2.87. The summed E-state index contributed by atoms with van der Waals surface area (Å²) in [5.74, 6) is 0. The maximum absolute atomic E-state index is 6.28. The highest BCUT2D eigenvalue weighted by Crippen LogP contribution is 2.27. The van der Waals surface area contributed by atoms with Crippen LogP contribution in [0, 0.1) is 6.92 Å². The Labute approximate surface area is 127 Å². The standard InChI is InChI=1S/C15H16BrClN2/c1-10-5-6-19-9-13(10)15(18-2)7-11-3-4-12(16)8-14(11)17/h3-6,8-9,15,18H,7H2,1-2H3. The van der Waals surface area contributed by atoms with Gasteiger partial charge in [-0.05, 0) is 55.3 Å². The molecule has 100 valence electrons. The first-order valence-electron chi connectivity index (χ1n) is 6.13. The molecule has 2 nitrogen and oxygen atoms in total. The zero-order chi connectivity index (χ0) is 13.8. The number of pyridine rings is 1. The van der Waals surface area contributed by atoms with E-state index in [0.717, 1.165) is 21.5 Å². The second-order valence-electron chi connectivity index (χ2n) is 4.51. The summed E-state index contributed by atoms with van der Waals surface area (Å²) in [5, 5.41) is 4.13. The van der Waals surface area contributed by atoms with Gasteiger partial charge in [0.25, 0.3) is 0 Å². The second-order valence-corrected chi connectivity index (χ2v) is 5.84. The van der Waals surface area contributed by atoms with Crippen molar-refractivity contribution in [1.82, 2.24) is 10.3 Å². The number of nitrogens with zero attached hydrogens (tertiary/aromatic N) is 1. The number of aromatic nitrogens is 1. The van der Waals surface area contributed by atoms with Crippen LogP contribution in [-0.2, 0) is 6.42 Å². The van der Waals surface area contributed by atoms with Crippen LogP contribution in [0.3, 0.4) is 0 Å². The molecule has 0 aliphatic heterocycles. The average molecular weight is 340 g/mol. The summed E-state index contributed by atoms with van der Waals surface area (Å²) in [6.07, 6.45) is 4.58. The minimum atomic E-state index is 0.215. The van der Waals surface area contributed by atoms with Crippen LogP contribution < -0.4 is 5.32 Å². The number of likely N-dealkylation sites (N-methyl/N-ethyl adjacent to an activating group) is 1. The molecule has 0 saturated heterocycles. The molecule has 1 unspecified atom stereocenters. The molecule has 0 aliphatic rings. The van der Waals surface area contributed by atoms with E-state index in [9.17, 15) is 0 Å². The fraction of sp³-hybridized carbons (Fsp3) is 0.267. The van der Waals surface area contributed by atoms with Gasteiger partial charge in [0, 0.05) is 27.9 Å². The summed E-state index contributed by atoms with van der Waals surface area (Å²) < 4.78 is 1.000. The molecule has 0 aliphatic carbocycles. The van der Waals surface area contributed by atoms with E-state index in [1.165, 1.54) is 11.1 Å². The quantitative estimate of drug-likeness (QED) is 0.898. The normalized spacial score (nSPS) is 12.4. The van der Waals surface area contributed by atoms with Crippen LogP contribution in [-0.4, -0.2) is 12.0 Å². The highest BCUT2D eigenvalue weighted by Gasteiger charge is 2.14. The predicted octanol–water partition coefficient (Wildman–Crippen LogP) is 4.31. The lowest BCUT2D eigenvalue weighted by molar-refractivity contribution is 0.587. The number of aryl methyl sites for hydroxylation is 1. The molecule has 1 heterocycles. The fourth-order valence-electron chi connectivity index (χ4n) is 2.12. The van der Waals surface area contributed by atoms with E-state index in [1.54, 1.807) is 0 Å². The van der Waals surface area contributed by atoms with Gasteiger partial charge >= 0.3 is 0 Å². The van der Waals surface area contributed by atoms with Crippen molar-refractivity contribution in [2.45, 2.75) is 19.4 Å². The van der Waals surface area contributed by atoms with E-state index in [2.05, 4.69) is 39.2 Å². The monoisotopic (exact) mass is 338 g/mol. The van der Waals surface area contributed by atoms with E-state index < -0.39 is 0 Å². The van der Waals surface area contributed by atoms with Crippen LogP contribution in [0.5, 0.6) is 0 Å². The van der Waals surface area contributed by atoms with Crippen molar-refractivity contribution < 1.29 is 0 Å². The summed E-state index contributed by atoms with van der Waals surface area (Å²) in [5.41, 5.74) is 3.58. The number of halogens is 2. The van der Waals surface area contributed by atoms with Gasteiger partial charge in [0.2, 0.25) is 0 Å². The lowest BCUT2D eigenvalue weighted by Gasteiger charge is -2.19. The topological polar surface area (TPSA) is 24.9 Å². The number of nitrogens with one attached hydrogen (secondary N) is 1. The van der Waals surface area contributed by atoms with Gasteiger partial charge in [0.05, 0.1) is 0 Å². The van der Waals surface area contributed by atoms with Gasteiger partial charge in [-0.1, -0.05) is 33.6 Å². The molecule has 0 amide bonds. The molecule has 1 aromatic heterocycles. The summed E-state index contributed by atoms with van der Waals surface area (Å²) in [7, 11) is 1.96. The Morgan fingerprint density at radius 1 is 1.37 bits per heavy atom. The lowest BCUT2D eigenvalue weighted by Crippen LogP contribution is -2.20. The zero-order valence-electron chi connectivity index (χ0n) is 11.0. The Hall–Kier alpha value is -0.900. The summed E-state index contributed by atoms with van der Waals surface area (Å²) in [6, 6.07) is 8.25. The molecule has 0 radical (unpaired) electrons. The SMILES string of the molecule is CNC(Cc1ccc(Br)cc1Cl)c1cnccc1C. The molecule has 2 aromatic rings. The largest absolute Gasteiger partial charge is 0.313 e. The minimum absolute atomic E-state index is 0.215. The predicted molar refractivity (Wildman–Crippen MR) is 83.6 cm³/mol. The van der Waals surface area contributed by atoms with E-state index >= 15 is 0 Å². The number of hydrogen-bond donors (Lipinski definition) is 1. The molecule has 1 N–H and O–H groups in total. The first kappa shape index (κ1) is 14.5. The number of benzene rings is 1. The molecule has 0 spiro atoms. The highest BCUT2D eigenvalue weighted by molar-refractivity contribution is 9.10. The molecule has 0 fully saturated rings. The third kappa shape index (κ3) is 3.56. The first-order valence-corrected chi connectivity index (χ1v) is 7.30. The van der Waals surface area contributed by atoms with Crippen molar-refractivity contribution in [3.05, 3.63) is 62.8 Å². The maximum Gasteiger partial charge on any atom is 0.0449 e. The number of hydrogen-bond acceptors (Lipinski definition) is 2. The van der Waals surface area contributed by atoms with Crippen LogP contribution in [0.2, 0.25) is 5.02 Å². The molecule has 1 aromatic carbocycles. The third-order valence-corrected chi connectivity index (χ3v) is 4.09. The van der Waals surface area contributed by atoms with Crippen LogP contribution in [0.1, 0.15) is 22.7 Å². The van der Waals surface area contributed by atoms with Crippen molar-refractivity contribution in [2.24, 2.45) is 0 Å². The third-order valence-electron chi connectivity index (χ3n) is 3.24. The molecular weight excluding hydrogens is 324 g/mol. The molecule has 0 bridgehead atoms. The van der Waals surface area contributed by atoms with Gasteiger partial charge in [-0.25, -0.2) is 0 Å². The second kappa shape index (κ2) is 6.51. The average Bonchev–Trinajstić information content (AvgIpc) is 2.39. The Kier molecular flexibility index (Phi) is 4.97. The summed E-state index contributed by atoms with van der Waals surface area (Å²) >= 11 is 9.71. The number of rotatable bonds is 4.